The molecule has 0 spiro atoms. The van der Waals surface area contributed by atoms with Crippen molar-refractivity contribution >= 4 is 11.0 Å². The van der Waals surface area contributed by atoms with E-state index in [9.17, 15) is 5.11 Å². The molecule has 0 amide bonds. The largest absolute Gasteiger partial charge is 0.458 e. The maximum absolute atomic E-state index is 10.5. The van der Waals surface area contributed by atoms with E-state index in [2.05, 4.69) is 19.2 Å². The van der Waals surface area contributed by atoms with Crippen LogP contribution in [0.2, 0.25) is 0 Å². The Kier molecular flexibility index (Phi) is 3.46. The van der Waals surface area contributed by atoms with Gasteiger partial charge in [0.2, 0.25) is 0 Å². The number of para-hydroxylation sites is 1. The molecule has 2 rings (SSSR count). The minimum atomic E-state index is -0.990. The molecule has 0 saturated carbocycles. The second-order valence-electron chi connectivity index (χ2n) is 5.41. The summed E-state index contributed by atoms with van der Waals surface area (Å²) in [5, 5.41) is 14.7. The zero-order valence-electron chi connectivity index (χ0n) is 11.4. The molecule has 0 bridgehead atoms. The van der Waals surface area contributed by atoms with Gasteiger partial charge in [-0.2, -0.15) is 0 Å². The maximum Gasteiger partial charge on any atom is 0.137 e. The van der Waals surface area contributed by atoms with Crippen LogP contribution in [0, 0.1) is 6.92 Å². The van der Waals surface area contributed by atoms with Crippen molar-refractivity contribution in [2.24, 2.45) is 0 Å². The van der Waals surface area contributed by atoms with Gasteiger partial charge in [-0.3, -0.25) is 0 Å². The Morgan fingerprint density at radius 2 is 2.11 bits per heavy atom. The van der Waals surface area contributed by atoms with Crippen LogP contribution in [-0.4, -0.2) is 17.7 Å². The number of fused-ring (bicyclic) bond motifs is 1. The molecule has 98 valence electrons. The van der Waals surface area contributed by atoms with Crippen LogP contribution in [0.4, 0.5) is 0 Å². The molecule has 2 aromatic rings. The van der Waals surface area contributed by atoms with Crippen molar-refractivity contribution in [2.45, 2.75) is 39.3 Å². The zero-order chi connectivity index (χ0) is 13.3. The summed E-state index contributed by atoms with van der Waals surface area (Å²) in [5.74, 6) is 0.611. The number of aliphatic hydroxyl groups is 1. The van der Waals surface area contributed by atoms with Crippen molar-refractivity contribution in [3.8, 4) is 0 Å². The fourth-order valence-electron chi connectivity index (χ4n) is 1.96. The Hall–Kier alpha value is -1.32. The standard InChI is InChI=1S/C15H21NO2/c1-10(2)16-9-15(4,17)13-8-12-7-5-6-11(3)14(12)18-13/h5-8,10,16-17H,9H2,1-4H3. The summed E-state index contributed by atoms with van der Waals surface area (Å²) in [6.45, 7) is 8.37. The molecule has 18 heavy (non-hydrogen) atoms. The Bertz CT molecular complexity index is 540. The van der Waals surface area contributed by atoms with E-state index in [-0.39, 0.29) is 0 Å². The highest BCUT2D eigenvalue weighted by molar-refractivity contribution is 5.81. The summed E-state index contributed by atoms with van der Waals surface area (Å²) >= 11 is 0. The van der Waals surface area contributed by atoms with E-state index in [4.69, 9.17) is 4.42 Å². The summed E-state index contributed by atoms with van der Waals surface area (Å²) in [6, 6.07) is 8.27. The van der Waals surface area contributed by atoms with Gasteiger partial charge in [0.15, 0.2) is 0 Å². The molecule has 1 aromatic heterocycles. The number of hydrogen-bond acceptors (Lipinski definition) is 3. The third kappa shape index (κ3) is 2.57. The van der Waals surface area contributed by atoms with Crippen LogP contribution >= 0.6 is 0 Å². The van der Waals surface area contributed by atoms with E-state index in [1.807, 2.05) is 31.2 Å². The van der Waals surface area contributed by atoms with Gasteiger partial charge in [0.1, 0.15) is 16.9 Å². The number of furan rings is 1. The van der Waals surface area contributed by atoms with Crippen molar-refractivity contribution in [2.75, 3.05) is 6.54 Å². The molecule has 0 aliphatic carbocycles. The van der Waals surface area contributed by atoms with Crippen molar-refractivity contribution in [1.82, 2.24) is 5.32 Å². The molecule has 1 heterocycles. The summed E-state index contributed by atoms with van der Waals surface area (Å²) in [4.78, 5) is 0. The van der Waals surface area contributed by atoms with Crippen LogP contribution in [0.1, 0.15) is 32.1 Å². The van der Waals surface area contributed by atoms with E-state index >= 15 is 0 Å². The second-order valence-corrected chi connectivity index (χ2v) is 5.41. The lowest BCUT2D eigenvalue weighted by Crippen LogP contribution is -2.38. The fourth-order valence-corrected chi connectivity index (χ4v) is 1.96. The van der Waals surface area contributed by atoms with Gasteiger partial charge in [-0.25, -0.2) is 0 Å². The van der Waals surface area contributed by atoms with Gasteiger partial charge in [0.05, 0.1) is 0 Å². The molecule has 0 radical (unpaired) electrons. The highest BCUT2D eigenvalue weighted by Crippen LogP contribution is 2.29. The van der Waals surface area contributed by atoms with Gasteiger partial charge in [0, 0.05) is 18.0 Å². The lowest BCUT2D eigenvalue weighted by molar-refractivity contribution is 0.0341. The second kappa shape index (κ2) is 4.75. The summed E-state index contributed by atoms with van der Waals surface area (Å²) < 4.78 is 5.81. The minimum absolute atomic E-state index is 0.336. The molecule has 0 aliphatic heterocycles. The van der Waals surface area contributed by atoms with Crippen molar-refractivity contribution in [3.63, 3.8) is 0 Å². The molecule has 3 heteroatoms. The first-order valence-electron chi connectivity index (χ1n) is 6.35. The highest BCUT2D eigenvalue weighted by atomic mass is 16.4. The molecule has 1 atom stereocenters. The van der Waals surface area contributed by atoms with Gasteiger partial charge in [-0.15, -0.1) is 0 Å². The first-order valence-corrected chi connectivity index (χ1v) is 6.35. The Balaban J connectivity index is 2.32. The topological polar surface area (TPSA) is 45.4 Å². The van der Waals surface area contributed by atoms with Gasteiger partial charge in [-0.05, 0) is 25.5 Å². The van der Waals surface area contributed by atoms with Crippen LogP contribution in [0.15, 0.2) is 28.7 Å². The predicted molar refractivity (Wildman–Crippen MR) is 73.7 cm³/mol. The molecular formula is C15H21NO2. The van der Waals surface area contributed by atoms with Crippen molar-refractivity contribution in [1.29, 1.82) is 0 Å². The number of hydrogen-bond donors (Lipinski definition) is 2. The lowest BCUT2D eigenvalue weighted by Gasteiger charge is -2.22. The molecule has 0 saturated heterocycles. The quantitative estimate of drug-likeness (QED) is 0.873. The summed E-state index contributed by atoms with van der Waals surface area (Å²) in [7, 11) is 0. The highest BCUT2D eigenvalue weighted by Gasteiger charge is 2.27. The van der Waals surface area contributed by atoms with Crippen molar-refractivity contribution in [3.05, 3.63) is 35.6 Å². The van der Waals surface area contributed by atoms with Crippen LogP contribution in [0.3, 0.4) is 0 Å². The van der Waals surface area contributed by atoms with Gasteiger partial charge >= 0.3 is 0 Å². The SMILES string of the molecule is Cc1cccc2cc(C(C)(O)CNC(C)C)oc12. The van der Waals surface area contributed by atoms with E-state index in [1.165, 1.54) is 0 Å². The number of benzene rings is 1. The lowest BCUT2D eigenvalue weighted by atomic mass is 10.0. The molecule has 1 aromatic carbocycles. The average Bonchev–Trinajstić information content (AvgIpc) is 2.73. The smallest absolute Gasteiger partial charge is 0.137 e. The Labute approximate surface area is 108 Å². The fraction of sp³-hybridized carbons (Fsp3) is 0.467. The van der Waals surface area contributed by atoms with E-state index in [1.54, 1.807) is 6.92 Å². The van der Waals surface area contributed by atoms with Gasteiger partial charge < -0.3 is 14.8 Å². The number of rotatable bonds is 4. The summed E-state index contributed by atoms with van der Waals surface area (Å²) in [5.41, 5.74) is 0.958. The third-order valence-electron chi connectivity index (χ3n) is 3.13. The van der Waals surface area contributed by atoms with Crippen molar-refractivity contribution < 1.29 is 9.52 Å². The molecule has 1 unspecified atom stereocenters. The summed E-state index contributed by atoms with van der Waals surface area (Å²) in [6.07, 6.45) is 0. The predicted octanol–water partition coefficient (Wildman–Crippen LogP) is 2.95. The Morgan fingerprint density at radius 1 is 1.39 bits per heavy atom. The van der Waals surface area contributed by atoms with Gasteiger partial charge in [0.25, 0.3) is 0 Å². The molecule has 0 fully saturated rings. The number of aryl methyl sites for hydroxylation is 1. The normalized spacial score (nSPS) is 15.2. The minimum Gasteiger partial charge on any atom is -0.458 e. The maximum atomic E-state index is 10.5. The third-order valence-corrected chi connectivity index (χ3v) is 3.13. The first-order chi connectivity index (χ1) is 8.40. The van der Waals surface area contributed by atoms with Crippen LogP contribution in [-0.2, 0) is 5.60 Å². The van der Waals surface area contributed by atoms with Crippen LogP contribution in [0.25, 0.3) is 11.0 Å². The monoisotopic (exact) mass is 247 g/mol. The molecular weight excluding hydrogens is 226 g/mol. The zero-order valence-corrected chi connectivity index (χ0v) is 11.4. The number of nitrogens with one attached hydrogen (secondary N) is 1. The molecule has 3 nitrogen and oxygen atoms in total. The van der Waals surface area contributed by atoms with E-state index < -0.39 is 5.60 Å². The Morgan fingerprint density at radius 3 is 2.72 bits per heavy atom. The van der Waals surface area contributed by atoms with E-state index in [0.29, 0.717) is 18.3 Å². The van der Waals surface area contributed by atoms with E-state index in [0.717, 1.165) is 16.5 Å². The molecule has 0 aliphatic rings. The molecule has 2 N–H and O–H groups in total. The first kappa shape index (κ1) is 13.1. The van der Waals surface area contributed by atoms with Gasteiger partial charge in [-0.1, -0.05) is 32.0 Å². The average molecular weight is 247 g/mol. The van der Waals surface area contributed by atoms with Crippen LogP contribution < -0.4 is 5.32 Å². The van der Waals surface area contributed by atoms with Crippen LogP contribution in [0.5, 0.6) is 0 Å².